The Morgan fingerprint density at radius 1 is 1.27 bits per heavy atom. The Kier molecular flexibility index (Phi) is 3.17. The van der Waals surface area contributed by atoms with Gasteiger partial charge in [-0.05, 0) is 17.9 Å². The molecule has 2 nitrogen and oxygen atoms in total. The molecule has 0 amide bonds. The van der Waals surface area contributed by atoms with Gasteiger partial charge >= 0.3 is 0 Å². The van der Waals surface area contributed by atoms with Crippen molar-refractivity contribution in [2.24, 2.45) is 5.92 Å². The van der Waals surface area contributed by atoms with E-state index in [2.05, 4.69) is 19.1 Å². The lowest BCUT2D eigenvalue weighted by Crippen LogP contribution is -2.07. The van der Waals surface area contributed by atoms with E-state index in [1.807, 2.05) is 18.2 Å². The molecule has 2 atom stereocenters. The van der Waals surface area contributed by atoms with Crippen molar-refractivity contribution in [1.29, 1.82) is 0 Å². The molecule has 0 bridgehead atoms. The lowest BCUT2D eigenvalue weighted by molar-refractivity contribution is -0.124. The zero-order chi connectivity index (χ0) is 10.7. The van der Waals surface area contributed by atoms with Crippen molar-refractivity contribution >= 4 is 5.78 Å². The maximum atomic E-state index is 11.3. The number of carbonyl (C=O) groups is 1. The number of hydrogen-bond donors (Lipinski definition) is 0. The molecule has 0 spiro atoms. The van der Waals surface area contributed by atoms with Gasteiger partial charge in [-0.2, -0.15) is 0 Å². The number of benzene rings is 1. The predicted octanol–water partition coefficient (Wildman–Crippen LogP) is 2.74. The third-order valence-corrected chi connectivity index (χ3v) is 2.81. The fraction of sp³-hybridized carbons (Fsp3) is 0.462. The summed E-state index contributed by atoms with van der Waals surface area (Å²) in [6.07, 6.45) is 1.69. The SMILES string of the molecule is C[C@H]1CC(=O)COC(c2ccccc2)C1. The van der Waals surface area contributed by atoms with Crippen LogP contribution >= 0.6 is 0 Å². The van der Waals surface area contributed by atoms with Gasteiger partial charge in [-0.15, -0.1) is 0 Å². The second kappa shape index (κ2) is 4.58. The molecule has 80 valence electrons. The number of hydrogen-bond acceptors (Lipinski definition) is 2. The van der Waals surface area contributed by atoms with Gasteiger partial charge in [0, 0.05) is 6.42 Å². The van der Waals surface area contributed by atoms with Gasteiger partial charge in [0.05, 0.1) is 6.10 Å². The minimum atomic E-state index is 0.0904. The average molecular weight is 204 g/mol. The molecule has 0 aromatic heterocycles. The Hall–Kier alpha value is -1.15. The van der Waals surface area contributed by atoms with Gasteiger partial charge < -0.3 is 4.74 Å². The summed E-state index contributed by atoms with van der Waals surface area (Å²) >= 11 is 0. The van der Waals surface area contributed by atoms with Gasteiger partial charge in [0.15, 0.2) is 5.78 Å². The molecule has 2 rings (SSSR count). The molecule has 0 aliphatic carbocycles. The summed E-state index contributed by atoms with van der Waals surface area (Å²) in [5.74, 6) is 0.645. The Morgan fingerprint density at radius 3 is 2.73 bits per heavy atom. The first-order chi connectivity index (χ1) is 7.25. The molecular formula is C13H16O2. The highest BCUT2D eigenvalue weighted by Gasteiger charge is 2.22. The van der Waals surface area contributed by atoms with Crippen LogP contribution in [0.3, 0.4) is 0 Å². The van der Waals surface area contributed by atoms with Crippen LogP contribution in [0.15, 0.2) is 30.3 Å². The molecule has 2 heteroatoms. The van der Waals surface area contributed by atoms with Gasteiger partial charge in [-0.1, -0.05) is 37.3 Å². The normalized spacial score (nSPS) is 27.4. The Morgan fingerprint density at radius 2 is 2.00 bits per heavy atom. The quantitative estimate of drug-likeness (QED) is 0.703. The molecule has 1 aromatic carbocycles. The number of rotatable bonds is 1. The molecule has 1 aliphatic heterocycles. The van der Waals surface area contributed by atoms with E-state index in [1.165, 1.54) is 5.56 Å². The molecule has 15 heavy (non-hydrogen) atoms. The molecule has 0 radical (unpaired) electrons. The summed E-state index contributed by atoms with van der Waals surface area (Å²) in [7, 11) is 0. The maximum absolute atomic E-state index is 11.3. The van der Waals surface area contributed by atoms with Crippen LogP contribution in [-0.2, 0) is 9.53 Å². The number of carbonyl (C=O) groups excluding carboxylic acids is 1. The van der Waals surface area contributed by atoms with Crippen LogP contribution in [0.5, 0.6) is 0 Å². The molecule has 1 fully saturated rings. The van der Waals surface area contributed by atoms with Crippen LogP contribution in [0.4, 0.5) is 0 Å². The third kappa shape index (κ3) is 2.66. The van der Waals surface area contributed by atoms with E-state index in [1.54, 1.807) is 0 Å². The highest BCUT2D eigenvalue weighted by atomic mass is 16.5. The molecule has 1 heterocycles. The molecule has 0 N–H and O–H groups in total. The van der Waals surface area contributed by atoms with Gasteiger partial charge in [-0.25, -0.2) is 0 Å². The highest BCUT2D eigenvalue weighted by molar-refractivity contribution is 5.80. The van der Waals surface area contributed by atoms with E-state index in [4.69, 9.17) is 4.74 Å². The summed E-state index contributed by atoms with van der Waals surface area (Å²) in [5.41, 5.74) is 1.18. The van der Waals surface area contributed by atoms with Crippen LogP contribution in [0.1, 0.15) is 31.4 Å². The summed E-state index contributed by atoms with van der Waals surface area (Å²) in [4.78, 5) is 11.3. The van der Waals surface area contributed by atoms with E-state index in [0.29, 0.717) is 12.3 Å². The van der Waals surface area contributed by atoms with Crippen LogP contribution in [0, 0.1) is 5.92 Å². The summed E-state index contributed by atoms with van der Waals surface area (Å²) in [5, 5.41) is 0. The number of Topliss-reactive ketones (excluding diaryl/α,β-unsaturated/α-hetero) is 1. The minimum absolute atomic E-state index is 0.0904. The van der Waals surface area contributed by atoms with Crippen molar-refractivity contribution in [2.75, 3.05) is 6.61 Å². The molecule has 1 saturated heterocycles. The molecule has 1 aliphatic rings. The zero-order valence-electron chi connectivity index (χ0n) is 8.98. The second-order valence-electron chi connectivity index (χ2n) is 4.29. The van der Waals surface area contributed by atoms with Crippen LogP contribution in [0.2, 0.25) is 0 Å². The van der Waals surface area contributed by atoms with Crippen molar-refractivity contribution < 1.29 is 9.53 Å². The first-order valence-corrected chi connectivity index (χ1v) is 5.44. The molecule has 0 saturated carbocycles. The van der Waals surface area contributed by atoms with Crippen molar-refractivity contribution in [3.8, 4) is 0 Å². The Bertz CT molecular complexity index is 332. The standard InChI is InChI=1S/C13H16O2/c1-10-7-12(14)9-15-13(8-10)11-5-3-2-4-6-11/h2-6,10,13H,7-9H2,1H3/t10-,13?/m0/s1. The summed E-state index contributed by atoms with van der Waals surface area (Å²) < 4.78 is 5.62. The van der Waals surface area contributed by atoms with Crippen LogP contribution in [0.25, 0.3) is 0 Å². The zero-order valence-corrected chi connectivity index (χ0v) is 8.98. The Balaban J connectivity index is 2.13. The summed E-state index contributed by atoms with van der Waals surface area (Å²) in [6, 6.07) is 10.1. The second-order valence-corrected chi connectivity index (χ2v) is 4.29. The van der Waals surface area contributed by atoms with Crippen molar-refractivity contribution in [3.63, 3.8) is 0 Å². The van der Waals surface area contributed by atoms with E-state index in [-0.39, 0.29) is 18.5 Å². The molecular weight excluding hydrogens is 188 g/mol. The smallest absolute Gasteiger partial charge is 0.158 e. The first-order valence-electron chi connectivity index (χ1n) is 5.44. The molecule has 1 unspecified atom stereocenters. The van der Waals surface area contributed by atoms with E-state index < -0.39 is 0 Å². The topological polar surface area (TPSA) is 26.3 Å². The predicted molar refractivity (Wildman–Crippen MR) is 58.5 cm³/mol. The summed E-state index contributed by atoms with van der Waals surface area (Å²) in [6.45, 7) is 2.38. The van der Waals surface area contributed by atoms with Gasteiger partial charge in [0.1, 0.15) is 6.61 Å². The maximum Gasteiger partial charge on any atom is 0.158 e. The minimum Gasteiger partial charge on any atom is -0.366 e. The highest BCUT2D eigenvalue weighted by Crippen LogP contribution is 2.29. The van der Waals surface area contributed by atoms with Crippen molar-refractivity contribution in [3.05, 3.63) is 35.9 Å². The van der Waals surface area contributed by atoms with Crippen LogP contribution < -0.4 is 0 Å². The van der Waals surface area contributed by atoms with E-state index >= 15 is 0 Å². The van der Waals surface area contributed by atoms with E-state index in [9.17, 15) is 4.79 Å². The van der Waals surface area contributed by atoms with Crippen molar-refractivity contribution in [1.82, 2.24) is 0 Å². The first kappa shape index (κ1) is 10.4. The van der Waals surface area contributed by atoms with Gasteiger partial charge in [0.2, 0.25) is 0 Å². The number of ketones is 1. The van der Waals surface area contributed by atoms with Crippen molar-refractivity contribution in [2.45, 2.75) is 25.9 Å². The van der Waals surface area contributed by atoms with Crippen LogP contribution in [-0.4, -0.2) is 12.4 Å². The fourth-order valence-electron chi connectivity index (χ4n) is 2.06. The Labute approximate surface area is 90.3 Å². The largest absolute Gasteiger partial charge is 0.366 e. The van der Waals surface area contributed by atoms with Gasteiger partial charge in [-0.3, -0.25) is 4.79 Å². The fourth-order valence-corrected chi connectivity index (χ4v) is 2.06. The monoisotopic (exact) mass is 204 g/mol. The lowest BCUT2D eigenvalue weighted by Gasteiger charge is -2.16. The van der Waals surface area contributed by atoms with E-state index in [0.717, 1.165) is 6.42 Å². The van der Waals surface area contributed by atoms with Gasteiger partial charge in [0.25, 0.3) is 0 Å². The number of ether oxygens (including phenoxy) is 1. The molecule has 1 aromatic rings. The average Bonchev–Trinajstić information content (AvgIpc) is 2.41. The lowest BCUT2D eigenvalue weighted by atomic mass is 9.96. The third-order valence-electron chi connectivity index (χ3n) is 2.81.